The highest BCUT2D eigenvalue weighted by molar-refractivity contribution is 7.92. The van der Waals surface area contributed by atoms with Crippen LogP contribution in [0.25, 0.3) is 0 Å². The van der Waals surface area contributed by atoms with Crippen LogP contribution >= 0.6 is 0 Å². The molecule has 2 fully saturated rings. The number of rotatable bonds is 2. The molecule has 0 bridgehead atoms. The molecule has 0 aromatic carbocycles. The topological polar surface area (TPSA) is 83.6 Å². The number of likely N-dealkylation sites (tertiary alicyclic amines) is 1. The Balaban J connectivity index is 2.04. The number of carbonyl (C=O) groups is 2. The SMILES string of the molecule is CC(C)(C(=O)N1CCC2(CC1)CNC(=O)C2)S(C)(=O)=O. The van der Waals surface area contributed by atoms with Gasteiger partial charge in [0.25, 0.3) is 0 Å². The molecular weight excluding hydrogens is 280 g/mol. The first-order valence-corrected chi connectivity index (χ1v) is 8.72. The Morgan fingerprint density at radius 1 is 1.30 bits per heavy atom. The molecule has 0 saturated carbocycles. The molecule has 0 unspecified atom stereocenters. The summed E-state index contributed by atoms with van der Waals surface area (Å²) in [7, 11) is -3.44. The number of amides is 2. The Labute approximate surface area is 119 Å². The predicted molar refractivity (Wildman–Crippen MR) is 74.8 cm³/mol. The number of hydrogen-bond acceptors (Lipinski definition) is 4. The Bertz CT molecular complexity index is 531. The van der Waals surface area contributed by atoms with Gasteiger partial charge < -0.3 is 10.2 Å². The van der Waals surface area contributed by atoms with Crippen LogP contribution in [-0.2, 0) is 19.4 Å². The lowest BCUT2D eigenvalue weighted by atomic mass is 9.77. The van der Waals surface area contributed by atoms with E-state index in [4.69, 9.17) is 0 Å². The van der Waals surface area contributed by atoms with Gasteiger partial charge in [-0.1, -0.05) is 0 Å². The first-order valence-electron chi connectivity index (χ1n) is 6.83. The van der Waals surface area contributed by atoms with E-state index in [0.29, 0.717) is 26.1 Å². The van der Waals surface area contributed by atoms with Crippen LogP contribution in [0.4, 0.5) is 0 Å². The van der Waals surface area contributed by atoms with Crippen molar-refractivity contribution in [3.05, 3.63) is 0 Å². The van der Waals surface area contributed by atoms with Crippen molar-refractivity contribution in [2.45, 2.75) is 37.9 Å². The van der Waals surface area contributed by atoms with Crippen LogP contribution in [0.15, 0.2) is 0 Å². The summed E-state index contributed by atoms with van der Waals surface area (Å²) < 4.78 is 22.1. The molecule has 0 atom stereocenters. The number of hydrogen-bond donors (Lipinski definition) is 1. The number of sulfone groups is 1. The standard InChI is InChI=1S/C13H22N2O4S/c1-12(2,20(3,18)19)11(17)15-6-4-13(5-7-15)8-10(16)14-9-13/h4-9H2,1-3H3,(H,14,16). The molecule has 20 heavy (non-hydrogen) atoms. The molecule has 0 aliphatic carbocycles. The number of piperidine rings is 1. The molecule has 6 nitrogen and oxygen atoms in total. The number of nitrogens with one attached hydrogen (secondary N) is 1. The van der Waals surface area contributed by atoms with E-state index in [1.807, 2.05) is 0 Å². The first-order chi connectivity index (χ1) is 9.07. The van der Waals surface area contributed by atoms with Gasteiger partial charge in [0.15, 0.2) is 9.84 Å². The fourth-order valence-corrected chi connectivity index (χ4v) is 3.28. The Kier molecular flexibility index (Phi) is 3.60. The van der Waals surface area contributed by atoms with Crippen molar-refractivity contribution in [2.75, 3.05) is 25.9 Å². The van der Waals surface area contributed by atoms with Crippen molar-refractivity contribution < 1.29 is 18.0 Å². The average molecular weight is 302 g/mol. The highest BCUT2D eigenvalue weighted by atomic mass is 32.2. The smallest absolute Gasteiger partial charge is 0.243 e. The van der Waals surface area contributed by atoms with Gasteiger partial charge in [-0.3, -0.25) is 9.59 Å². The monoisotopic (exact) mass is 302 g/mol. The van der Waals surface area contributed by atoms with Gasteiger partial charge >= 0.3 is 0 Å². The van der Waals surface area contributed by atoms with Gasteiger partial charge in [-0.15, -0.1) is 0 Å². The Morgan fingerprint density at radius 3 is 2.25 bits per heavy atom. The maximum Gasteiger partial charge on any atom is 0.243 e. The van der Waals surface area contributed by atoms with Crippen molar-refractivity contribution >= 4 is 21.7 Å². The van der Waals surface area contributed by atoms with Crippen LogP contribution in [-0.4, -0.2) is 55.8 Å². The molecule has 0 radical (unpaired) electrons. The van der Waals surface area contributed by atoms with Crippen molar-refractivity contribution in [1.29, 1.82) is 0 Å². The van der Waals surface area contributed by atoms with E-state index < -0.39 is 14.6 Å². The predicted octanol–water partition coefficient (Wildman–Crippen LogP) is -0.0617. The highest BCUT2D eigenvalue weighted by Crippen LogP contribution is 2.38. The molecule has 2 aliphatic rings. The molecular formula is C13H22N2O4S. The van der Waals surface area contributed by atoms with Crippen LogP contribution in [0.1, 0.15) is 33.1 Å². The van der Waals surface area contributed by atoms with Crippen molar-refractivity contribution in [3.8, 4) is 0 Å². The molecule has 1 N–H and O–H groups in total. The summed E-state index contributed by atoms with van der Waals surface area (Å²) in [5.74, 6) is -0.270. The van der Waals surface area contributed by atoms with E-state index in [1.54, 1.807) is 4.90 Å². The lowest BCUT2D eigenvalue weighted by Crippen LogP contribution is -2.53. The molecule has 2 rings (SSSR count). The molecule has 2 saturated heterocycles. The quantitative estimate of drug-likeness (QED) is 0.774. The molecule has 0 aromatic rings. The second kappa shape index (κ2) is 4.72. The minimum atomic E-state index is -3.44. The van der Waals surface area contributed by atoms with Crippen molar-refractivity contribution in [1.82, 2.24) is 10.2 Å². The van der Waals surface area contributed by atoms with Crippen LogP contribution in [0.2, 0.25) is 0 Å². The number of carbonyl (C=O) groups excluding carboxylic acids is 2. The highest BCUT2D eigenvalue weighted by Gasteiger charge is 2.46. The van der Waals surface area contributed by atoms with Crippen LogP contribution in [0, 0.1) is 5.41 Å². The first kappa shape index (κ1) is 15.3. The normalized spacial score (nSPS) is 22.9. The minimum absolute atomic E-state index is 0.0386. The van der Waals surface area contributed by atoms with Gasteiger partial charge in [-0.05, 0) is 32.1 Å². The Hall–Kier alpha value is -1.11. The summed E-state index contributed by atoms with van der Waals surface area (Å²) in [6.07, 6.45) is 3.11. The zero-order valence-corrected chi connectivity index (χ0v) is 13.0. The molecule has 7 heteroatoms. The van der Waals surface area contributed by atoms with E-state index in [9.17, 15) is 18.0 Å². The average Bonchev–Trinajstić information content (AvgIpc) is 2.69. The van der Waals surface area contributed by atoms with Gasteiger partial charge in [0.2, 0.25) is 11.8 Å². The summed E-state index contributed by atoms with van der Waals surface area (Å²) in [6.45, 7) is 4.62. The fourth-order valence-electron chi connectivity index (χ4n) is 2.83. The van der Waals surface area contributed by atoms with E-state index >= 15 is 0 Å². The van der Waals surface area contributed by atoms with Crippen molar-refractivity contribution in [3.63, 3.8) is 0 Å². The summed E-state index contributed by atoms with van der Waals surface area (Å²) in [5, 5.41) is 2.84. The molecule has 114 valence electrons. The summed E-state index contributed by atoms with van der Waals surface area (Å²) in [5.41, 5.74) is -0.0386. The summed E-state index contributed by atoms with van der Waals surface area (Å²) in [4.78, 5) is 25.4. The third kappa shape index (κ3) is 2.55. The minimum Gasteiger partial charge on any atom is -0.356 e. The third-order valence-electron chi connectivity index (χ3n) is 4.75. The van der Waals surface area contributed by atoms with Gasteiger partial charge in [-0.25, -0.2) is 8.42 Å². The number of nitrogens with zero attached hydrogens (tertiary/aromatic N) is 1. The van der Waals surface area contributed by atoms with Gasteiger partial charge in [-0.2, -0.15) is 0 Å². The lowest BCUT2D eigenvalue weighted by Gasteiger charge is -2.40. The Morgan fingerprint density at radius 2 is 1.85 bits per heavy atom. The van der Waals surface area contributed by atoms with Crippen LogP contribution < -0.4 is 5.32 Å². The molecule has 2 heterocycles. The van der Waals surface area contributed by atoms with Gasteiger partial charge in [0, 0.05) is 32.3 Å². The van der Waals surface area contributed by atoms with E-state index in [2.05, 4.69) is 5.32 Å². The second-order valence-corrected chi connectivity index (χ2v) is 9.09. The van der Waals surface area contributed by atoms with Crippen molar-refractivity contribution in [2.24, 2.45) is 5.41 Å². The van der Waals surface area contributed by atoms with Gasteiger partial charge in [0.1, 0.15) is 4.75 Å². The zero-order valence-electron chi connectivity index (χ0n) is 12.2. The molecule has 2 amide bonds. The van der Waals surface area contributed by atoms with Crippen LogP contribution in [0.5, 0.6) is 0 Å². The fraction of sp³-hybridized carbons (Fsp3) is 0.846. The maximum atomic E-state index is 12.4. The third-order valence-corrected chi connectivity index (χ3v) is 6.78. The van der Waals surface area contributed by atoms with Gasteiger partial charge in [0.05, 0.1) is 0 Å². The molecule has 0 aromatic heterocycles. The molecule has 1 spiro atoms. The van der Waals surface area contributed by atoms with Crippen LogP contribution in [0.3, 0.4) is 0 Å². The lowest BCUT2D eigenvalue weighted by molar-refractivity contribution is -0.135. The van der Waals surface area contributed by atoms with E-state index in [1.165, 1.54) is 13.8 Å². The molecule has 2 aliphatic heterocycles. The summed E-state index contributed by atoms with van der Waals surface area (Å²) >= 11 is 0. The maximum absolute atomic E-state index is 12.4. The van der Waals surface area contributed by atoms with E-state index in [0.717, 1.165) is 19.1 Å². The zero-order chi connectivity index (χ0) is 15.2. The largest absolute Gasteiger partial charge is 0.356 e. The summed E-state index contributed by atoms with van der Waals surface area (Å²) in [6, 6.07) is 0. The van der Waals surface area contributed by atoms with E-state index in [-0.39, 0.29) is 17.2 Å². The second-order valence-electron chi connectivity index (χ2n) is 6.53.